The minimum Gasteiger partial charge on any atom is -0.329 e. The van der Waals surface area contributed by atoms with Crippen LogP contribution in [0.4, 0.5) is 4.39 Å². The maximum absolute atomic E-state index is 13.6. The second kappa shape index (κ2) is 6.42. The van der Waals surface area contributed by atoms with E-state index in [1.54, 1.807) is 6.07 Å². The highest BCUT2D eigenvalue weighted by Crippen LogP contribution is 2.29. The van der Waals surface area contributed by atoms with Gasteiger partial charge < -0.3 is 5.73 Å². The van der Waals surface area contributed by atoms with Crippen LogP contribution < -0.4 is 5.73 Å². The molecule has 2 atom stereocenters. The van der Waals surface area contributed by atoms with Crippen molar-refractivity contribution in [3.05, 3.63) is 35.1 Å². The van der Waals surface area contributed by atoms with Crippen LogP contribution in [0.1, 0.15) is 36.4 Å². The third-order valence-corrected chi connectivity index (χ3v) is 5.12. The van der Waals surface area contributed by atoms with Gasteiger partial charge in [-0.05, 0) is 62.5 Å². The molecule has 2 N–H and O–H groups in total. The van der Waals surface area contributed by atoms with Crippen LogP contribution >= 0.6 is 0 Å². The molecule has 0 spiro atoms. The Bertz CT molecular complexity index is 485. The number of hydrogen-bond acceptors (Lipinski definition) is 3. The third kappa shape index (κ3) is 3.12. The van der Waals surface area contributed by atoms with E-state index in [0.29, 0.717) is 12.6 Å². The molecule has 0 aliphatic carbocycles. The first kappa shape index (κ1) is 14.9. The zero-order valence-corrected chi connectivity index (χ0v) is 12.9. The third-order valence-electron chi connectivity index (χ3n) is 5.12. The molecule has 0 amide bonds. The van der Waals surface area contributed by atoms with Crippen molar-refractivity contribution in [2.75, 3.05) is 32.7 Å². The van der Waals surface area contributed by atoms with Crippen molar-refractivity contribution >= 4 is 0 Å². The van der Waals surface area contributed by atoms with Crippen molar-refractivity contribution in [2.24, 2.45) is 5.73 Å². The quantitative estimate of drug-likeness (QED) is 0.924. The summed E-state index contributed by atoms with van der Waals surface area (Å²) in [5.74, 6) is -0.163. The molecule has 0 aromatic heterocycles. The topological polar surface area (TPSA) is 32.5 Å². The van der Waals surface area contributed by atoms with Gasteiger partial charge in [0, 0.05) is 31.7 Å². The fourth-order valence-electron chi connectivity index (χ4n) is 3.90. The monoisotopic (exact) mass is 291 g/mol. The summed E-state index contributed by atoms with van der Waals surface area (Å²) in [6.45, 7) is 7.22. The number of hydrogen-bond donors (Lipinski definition) is 1. The van der Waals surface area contributed by atoms with Crippen LogP contribution in [-0.4, -0.2) is 48.6 Å². The van der Waals surface area contributed by atoms with Crippen LogP contribution in [0, 0.1) is 12.7 Å². The molecule has 2 heterocycles. The smallest absolute Gasteiger partial charge is 0.123 e. The van der Waals surface area contributed by atoms with Gasteiger partial charge in [0.25, 0.3) is 0 Å². The summed E-state index contributed by atoms with van der Waals surface area (Å²) in [6, 6.07) is 5.87. The van der Waals surface area contributed by atoms with Gasteiger partial charge in [0.1, 0.15) is 5.82 Å². The SMILES string of the molecule is Cc1ccc(F)cc1C(CN)N1CCC(N2CCCC2)C1. The van der Waals surface area contributed by atoms with E-state index in [-0.39, 0.29) is 11.9 Å². The Labute approximate surface area is 126 Å². The van der Waals surface area contributed by atoms with Crippen LogP contribution in [0.3, 0.4) is 0 Å². The molecule has 2 aliphatic rings. The number of benzene rings is 1. The minimum absolute atomic E-state index is 0.147. The summed E-state index contributed by atoms with van der Waals surface area (Å²) < 4.78 is 13.6. The van der Waals surface area contributed by atoms with Crippen LogP contribution in [0.5, 0.6) is 0 Å². The molecule has 0 radical (unpaired) electrons. The van der Waals surface area contributed by atoms with E-state index in [0.717, 1.165) is 24.2 Å². The van der Waals surface area contributed by atoms with Gasteiger partial charge in [0.05, 0.1) is 0 Å². The zero-order chi connectivity index (χ0) is 14.8. The van der Waals surface area contributed by atoms with Crippen LogP contribution in [0.25, 0.3) is 0 Å². The van der Waals surface area contributed by atoms with Crippen LogP contribution in [0.2, 0.25) is 0 Å². The van der Waals surface area contributed by atoms with Gasteiger partial charge in [-0.15, -0.1) is 0 Å². The predicted octanol–water partition coefficient (Wildman–Crippen LogP) is 2.30. The zero-order valence-electron chi connectivity index (χ0n) is 12.9. The van der Waals surface area contributed by atoms with Gasteiger partial charge in [-0.25, -0.2) is 4.39 Å². The Balaban J connectivity index is 1.73. The predicted molar refractivity (Wildman–Crippen MR) is 83.7 cm³/mol. The molecular weight excluding hydrogens is 265 g/mol. The summed E-state index contributed by atoms with van der Waals surface area (Å²) in [5.41, 5.74) is 8.22. The molecule has 1 aromatic rings. The lowest BCUT2D eigenvalue weighted by Gasteiger charge is -2.30. The van der Waals surface area contributed by atoms with E-state index in [4.69, 9.17) is 5.73 Å². The first-order chi connectivity index (χ1) is 10.2. The van der Waals surface area contributed by atoms with E-state index >= 15 is 0 Å². The molecule has 2 aliphatic heterocycles. The molecule has 0 bridgehead atoms. The van der Waals surface area contributed by atoms with Crippen molar-refractivity contribution < 1.29 is 4.39 Å². The summed E-state index contributed by atoms with van der Waals surface area (Å²) in [7, 11) is 0. The molecule has 3 nitrogen and oxygen atoms in total. The minimum atomic E-state index is -0.163. The highest BCUT2D eigenvalue weighted by atomic mass is 19.1. The summed E-state index contributed by atoms with van der Waals surface area (Å²) >= 11 is 0. The number of aryl methyl sites for hydroxylation is 1. The molecule has 0 saturated carbocycles. The van der Waals surface area contributed by atoms with Crippen molar-refractivity contribution in [3.8, 4) is 0 Å². The fourth-order valence-corrected chi connectivity index (χ4v) is 3.90. The summed E-state index contributed by atoms with van der Waals surface area (Å²) in [5, 5.41) is 0. The normalized spacial score (nSPS) is 25.6. The average Bonchev–Trinajstić information content (AvgIpc) is 3.14. The second-order valence-electron chi connectivity index (χ2n) is 6.43. The number of likely N-dealkylation sites (tertiary alicyclic amines) is 2. The van der Waals surface area contributed by atoms with Crippen LogP contribution in [0.15, 0.2) is 18.2 Å². The molecule has 2 fully saturated rings. The molecule has 1 aromatic carbocycles. The Morgan fingerprint density at radius 3 is 2.76 bits per heavy atom. The molecule has 2 unspecified atom stereocenters. The lowest BCUT2D eigenvalue weighted by molar-refractivity contribution is 0.202. The molecular formula is C17H26FN3. The molecule has 116 valence electrons. The van der Waals surface area contributed by atoms with Gasteiger partial charge in [-0.2, -0.15) is 0 Å². The Kier molecular flexibility index (Phi) is 4.57. The van der Waals surface area contributed by atoms with E-state index < -0.39 is 0 Å². The Morgan fingerprint density at radius 2 is 2.05 bits per heavy atom. The van der Waals surface area contributed by atoms with Crippen molar-refractivity contribution in [3.63, 3.8) is 0 Å². The lowest BCUT2D eigenvalue weighted by Crippen LogP contribution is -2.38. The summed E-state index contributed by atoms with van der Waals surface area (Å²) in [4.78, 5) is 5.07. The van der Waals surface area contributed by atoms with Gasteiger partial charge in [-0.1, -0.05) is 6.07 Å². The average molecular weight is 291 g/mol. The number of halogens is 1. The second-order valence-corrected chi connectivity index (χ2v) is 6.43. The molecule has 4 heteroatoms. The highest BCUT2D eigenvalue weighted by molar-refractivity contribution is 5.30. The number of rotatable bonds is 4. The summed E-state index contributed by atoms with van der Waals surface area (Å²) in [6.07, 6.45) is 3.88. The maximum Gasteiger partial charge on any atom is 0.123 e. The molecule has 21 heavy (non-hydrogen) atoms. The first-order valence-electron chi connectivity index (χ1n) is 8.13. The van der Waals surface area contributed by atoms with Crippen molar-refractivity contribution in [2.45, 2.75) is 38.3 Å². The van der Waals surface area contributed by atoms with E-state index in [2.05, 4.69) is 9.80 Å². The number of nitrogens with zero attached hydrogens (tertiary/aromatic N) is 2. The highest BCUT2D eigenvalue weighted by Gasteiger charge is 2.33. The van der Waals surface area contributed by atoms with E-state index in [1.165, 1.54) is 38.4 Å². The largest absolute Gasteiger partial charge is 0.329 e. The van der Waals surface area contributed by atoms with Crippen molar-refractivity contribution in [1.29, 1.82) is 0 Å². The standard InChI is InChI=1S/C17H26FN3/c1-13-4-5-14(18)10-16(13)17(11-19)21-9-6-15(12-21)20-7-2-3-8-20/h4-5,10,15,17H,2-3,6-9,11-12,19H2,1H3. The molecule has 3 rings (SSSR count). The lowest BCUT2D eigenvalue weighted by atomic mass is 10.00. The fraction of sp³-hybridized carbons (Fsp3) is 0.647. The number of nitrogens with two attached hydrogens (primary N) is 1. The Hall–Kier alpha value is -0.970. The first-order valence-corrected chi connectivity index (χ1v) is 8.13. The van der Waals surface area contributed by atoms with Gasteiger partial charge >= 0.3 is 0 Å². The van der Waals surface area contributed by atoms with Gasteiger partial charge in [-0.3, -0.25) is 9.80 Å². The van der Waals surface area contributed by atoms with E-state index in [9.17, 15) is 4.39 Å². The molecule has 2 saturated heterocycles. The maximum atomic E-state index is 13.6. The van der Waals surface area contributed by atoms with Crippen LogP contribution in [-0.2, 0) is 0 Å². The van der Waals surface area contributed by atoms with Gasteiger partial charge in [0.15, 0.2) is 0 Å². The van der Waals surface area contributed by atoms with E-state index in [1.807, 2.05) is 13.0 Å². The van der Waals surface area contributed by atoms with Crippen molar-refractivity contribution in [1.82, 2.24) is 9.80 Å². The van der Waals surface area contributed by atoms with Gasteiger partial charge in [0.2, 0.25) is 0 Å². The Morgan fingerprint density at radius 1 is 1.29 bits per heavy atom.